The maximum absolute atomic E-state index is 11.9. The number of phenols is 1. The van der Waals surface area contributed by atoms with Crippen LogP contribution < -0.4 is 4.90 Å². The third-order valence-corrected chi connectivity index (χ3v) is 4.63. The SMILES string of the molecule is COC(=O)c1cc(C)nc(N2Cc3[nH]cnc3C(c3cccc(O)c3)C2)n1. The molecule has 4 rings (SSSR count). The number of ether oxygens (including phenoxy) is 1. The molecule has 0 saturated heterocycles. The van der Waals surface area contributed by atoms with Gasteiger partial charge in [-0.1, -0.05) is 12.1 Å². The molecule has 8 nitrogen and oxygen atoms in total. The maximum atomic E-state index is 11.9. The van der Waals surface area contributed by atoms with Gasteiger partial charge in [0.05, 0.1) is 31.4 Å². The average Bonchev–Trinajstić information content (AvgIpc) is 3.14. The molecule has 27 heavy (non-hydrogen) atoms. The van der Waals surface area contributed by atoms with Crippen molar-refractivity contribution in [3.63, 3.8) is 0 Å². The first-order chi connectivity index (χ1) is 13.0. The number of phenolic OH excluding ortho intramolecular Hbond substituents is 1. The molecule has 8 heteroatoms. The van der Waals surface area contributed by atoms with E-state index >= 15 is 0 Å². The summed E-state index contributed by atoms with van der Waals surface area (Å²) in [6.45, 7) is 2.94. The standard InChI is InChI=1S/C19H19N5O3/c1-11-6-15(18(26)27-2)23-19(22-11)24-8-14(12-4-3-5-13(25)7-12)17-16(9-24)20-10-21-17/h3-7,10,14,25H,8-9H2,1-2H3,(H,20,21). The highest BCUT2D eigenvalue weighted by Crippen LogP contribution is 2.34. The van der Waals surface area contributed by atoms with Crippen molar-refractivity contribution in [2.45, 2.75) is 19.4 Å². The first-order valence-electron chi connectivity index (χ1n) is 8.55. The Morgan fingerprint density at radius 3 is 2.96 bits per heavy atom. The lowest BCUT2D eigenvalue weighted by atomic mass is 9.91. The number of hydrogen-bond donors (Lipinski definition) is 2. The van der Waals surface area contributed by atoms with Gasteiger partial charge in [0.2, 0.25) is 5.95 Å². The molecule has 0 saturated carbocycles. The molecule has 2 N–H and O–H groups in total. The predicted molar refractivity (Wildman–Crippen MR) is 97.7 cm³/mol. The number of carbonyl (C=O) groups is 1. The quantitative estimate of drug-likeness (QED) is 0.685. The molecule has 0 aliphatic carbocycles. The van der Waals surface area contributed by atoms with Gasteiger partial charge in [-0.25, -0.2) is 19.7 Å². The number of methoxy groups -OCH3 is 1. The third-order valence-electron chi connectivity index (χ3n) is 4.63. The largest absolute Gasteiger partial charge is 0.508 e. The van der Waals surface area contributed by atoms with Crippen LogP contribution in [0.4, 0.5) is 5.95 Å². The number of aromatic nitrogens is 4. The maximum Gasteiger partial charge on any atom is 0.356 e. The molecular weight excluding hydrogens is 346 g/mol. The Bertz CT molecular complexity index is 1000. The zero-order valence-corrected chi connectivity index (χ0v) is 15.0. The van der Waals surface area contributed by atoms with Gasteiger partial charge in [0.1, 0.15) is 5.75 Å². The first-order valence-corrected chi connectivity index (χ1v) is 8.55. The summed E-state index contributed by atoms with van der Waals surface area (Å²) in [7, 11) is 1.33. The van der Waals surface area contributed by atoms with Crippen LogP contribution in [0, 0.1) is 6.92 Å². The molecule has 1 aliphatic heterocycles. The van der Waals surface area contributed by atoms with Crippen LogP contribution in [0.2, 0.25) is 0 Å². The minimum Gasteiger partial charge on any atom is -0.508 e. The van der Waals surface area contributed by atoms with Crippen molar-refractivity contribution < 1.29 is 14.6 Å². The smallest absolute Gasteiger partial charge is 0.356 e. The van der Waals surface area contributed by atoms with E-state index in [9.17, 15) is 9.90 Å². The van der Waals surface area contributed by atoms with Gasteiger partial charge in [-0.05, 0) is 30.7 Å². The molecule has 1 aliphatic rings. The molecule has 0 amide bonds. The Balaban J connectivity index is 1.74. The fraction of sp³-hybridized carbons (Fsp3) is 0.263. The summed E-state index contributed by atoms with van der Waals surface area (Å²) >= 11 is 0. The van der Waals surface area contributed by atoms with Crippen molar-refractivity contribution in [1.82, 2.24) is 19.9 Å². The fourth-order valence-electron chi connectivity index (χ4n) is 3.38. The van der Waals surface area contributed by atoms with Crippen LogP contribution in [-0.4, -0.2) is 44.7 Å². The van der Waals surface area contributed by atoms with Crippen LogP contribution in [0.1, 0.15) is 39.1 Å². The van der Waals surface area contributed by atoms with E-state index < -0.39 is 5.97 Å². The molecule has 0 fully saturated rings. The Morgan fingerprint density at radius 1 is 1.33 bits per heavy atom. The van der Waals surface area contributed by atoms with E-state index in [0.29, 0.717) is 24.7 Å². The third kappa shape index (κ3) is 3.21. The number of hydrogen-bond acceptors (Lipinski definition) is 7. The van der Waals surface area contributed by atoms with Gasteiger partial charge in [0.25, 0.3) is 0 Å². The lowest BCUT2D eigenvalue weighted by molar-refractivity contribution is 0.0593. The topological polar surface area (TPSA) is 104 Å². The van der Waals surface area contributed by atoms with Crippen LogP contribution in [-0.2, 0) is 11.3 Å². The van der Waals surface area contributed by atoms with Crippen molar-refractivity contribution in [3.8, 4) is 5.75 Å². The highest BCUT2D eigenvalue weighted by Gasteiger charge is 2.31. The number of rotatable bonds is 3. The summed E-state index contributed by atoms with van der Waals surface area (Å²) in [5.41, 5.74) is 3.76. The number of nitrogens with zero attached hydrogens (tertiary/aromatic N) is 4. The number of esters is 1. The number of H-pyrrole nitrogens is 1. The monoisotopic (exact) mass is 365 g/mol. The van der Waals surface area contributed by atoms with Crippen LogP contribution in [0.15, 0.2) is 36.7 Å². The minimum atomic E-state index is -0.495. The first kappa shape index (κ1) is 17.0. The average molecular weight is 365 g/mol. The summed E-state index contributed by atoms with van der Waals surface area (Å²) in [6, 6.07) is 8.76. The van der Waals surface area contributed by atoms with Crippen molar-refractivity contribution >= 4 is 11.9 Å². The van der Waals surface area contributed by atoms with Crippen LogP contribution in [0.25, 0.3) is 0 Å². The molecule has 0 spiro atoms. The zero-order valence-electron chi connectivity index (χ0n) is 15.0. The van der Waals surface area contributed by atoms with Gasteiger partial charge in [0.15, 0.2) is 5.69 Å². The summed E-state index contributed by atoms with van der Waals surface area (Å²) in [6.07, 6.45) is 1.67. The van der Waals surface area contributed by atoms with Crippen molar-refractivity contribution in [3.05, 3.63) is 65.0 Å². The van der Waals surface area contributed by atoms with Crippen LogP contribution in [0.5, 0.6) is 5.75 Å². The Morgan fingerprint density at radius 2 is 2.19 bits per heavy atom. The molecule has 0 bridgehead atoms. The van der Waals surface area contributed by atoms with Crippen molar-refractivity contribution in [2.75, 3.05) is 18.6 Å². The molecule has 138 valence electrons. The highest BCUT2D eigenvalue weighted by atomic mass is 16.5. The molecule has 3 heterocycles. The lowest BCUT2D eigenvalue weighted by Gasteiger charge is -2.32. The second-order valence-electron chi connectivity index (χ2n) is 6.48. The Labute approximate surface area is 155 Å². The number of fused-ring (bicyclic) bond motifs is 1. The van der Waals surface area contributed by atoms with Gasteiger partial charge in [0, 0.05) is 18.2 Å². The summed E-state index contributed by atoms with van der Waals surface area (Å²) in [5, 5.41) is 9.87. The molecule has 1 aromatic carbocycles. The van der Waals surface area contributed by atoms with E-state index in [0.717, 1.165) is 17.0 Å². The van der Waals surface area contributed by atoms with E-state index in [1.165, 1.54) is 7.11 Å². The van der Waals surface area contributed by atoms with E-state index in [2.05, 4.69) is 19.9 Å². The predicted octanol–water partition coefficient (Wildman–Crippen LogP) is 2.15. The number of aromatic amines is 1. The number of anilines is 1. The van der Waals surface area contributed by atoms with Crippen LogP contribution in [0.3, 0.4) is 0 Å². The van der Waals surface area contributed by atoms with Gasteiger partial charge in [-0.15, -0.1) is 0 Å². The number of nitrogens with one attached hydrogen (secondary N) is 1. The van der Waals surface area contributed by atoms with E-state index in [1.807, 2.05) is 24.0 Å². The Kier molecular flexibility index (Phi) is 4.23. The Hall–Kier alpha value is -3.42. The second kappa shape index (κ2) is 6.71. The number of carbonyl (C=O) groups excluding carboxylic acids is 1. The molecular formula is C19H19N5O3. The minimum absolute atomic E-state index is 0.0576. The number of benzene rings is 1. The summed E-state index contributed by atoms with van der Waals surface area (Å²) < 4.78 is 4.79. The molecule has 0 radical (unpaired) electrons. The number of imidazole rings is 1. The molecule has 1 atom stereocenters. The summed E-state index contributed by atoms with van der Waals surface area (Å²) in [5.74, 6) is 0.116. The molecule has 1 unspecified atom stereocenters. The van der Waals surface area contributed by atoms with E-state index in [-0.39, 0.29) is 17.4 Å². The van der Waals surface area contributed by atoms with E-state index in [4.69, 9.17) is 4.74 Å². The normalized spacial score (nSPS) is 16.1. The summed E-state index contributed by atoms with van der Waals surface area (Å²) in [4.78, 5) is 30.4. The highest BCUT2D eigenvalue weighted by molar-refractivity contribution is 5.87. The fourth-order valence-corrected chi connectivity index (χ4v) is 3.38. The number of aryl methyl sites for hydroxylation is 1. The zero-order chi connectivity index (χ0) is 19.0. The number of aromatic hydroxyl groups is 1. The van der Waals surface area contributed by atoms with Gasteiger partial charge < -0.3 is 19.7 Å². The molecule has 3 aromatic rings. The van der Waals surface area contributed by atoms with Crippen molar-refractivity contribution in [2.24, 2.45) is 0 Å². The molecule has 2 aromatic heterocycles. The van der Waals surface area contributed by atoms with E-state index in [1.54, 1.807) is 24.5 Å². The van der Waals surface area contributed by atoms with Gasteiger partial charge in [-0.2, -0.15) is 0 Å². The lowest BCUT2D eigenvalue weighted by Crippen LogP contribution is -2.35. The van der Waals surface area contributed by atoms with Gasteiger partial charge in [-0.3, -0.25) is 0 Å². The van der Waals surface area contributed by atoms with Gasteiger partial charge >= 0.3 is 5.97 Å². The van der Waals surface area contributed by atoms with Crippen LogP contribution >= 0.6 is 0 Å². The second-order valence-corrected chi connectivity index (χ2v) is 6.48. The van der Waals surface area contributed by atoms with Crippen molar-refractivity contribution in [1.29, 1.82) is 0 Å².